The van der Waals surface area contributed by atoms with Crippen LogP contribution < -0.4 is 5.32 Å². The van der Waals surface area contributed by atoms with E-state index in [-0.39, 0.29) is 17.8 Å². The number of hydrogen-bond acceptors (Lipinski definition) is 4. The van der Waals surface area contributed by atoms with E-state index in [1.165, 1.54) is 5.56 Å². The third kappa shape index (κ3) is 3.06. The predicted molar refractivity (Wildman–Crippen MR) is 87.3 cm³/mol. The highest BCUT2D eigenvalue weighted by molar-refractivity contribution is 5.91. The molecule has 0 aliphatic carbocycles. The highest BCUT2D eigenvalue weighted by atomic mass is 16.2. The van der Waals surface area contributed by atoms with Crippen LogP contribution in [0.5, 0.6) is 0 Å². The molecule has 1 atom stereocenters. The van der Waals surface area contributed by atoms with E-state index >= 15 is 0 Å². The van der Waals surface area contributed by atoms with Gasteiger partial charge in [-0.05, 0) is 39.3 Å². The molecule has 3 aromatic rings. The summed E-state index contributed by atoms with van der Waals surface area (Å²) in [5.74, 6) is 0.265. The minimum absolute atomic E-state index is 0.120. The number of carbonyl (C=O) groups excluding carboxylic acids is 1. The lowest BCUT2D eigenvalue weighted by molar-refractivity contribution is 0.0929. The number of amides is 1. The summed E-state index contributed by atoms with van der Waals surface area (Å²) in [5, 5.41) is 7.17. The van der Waals surface area contributed by atoms with E-state index in [2.05, 4.69) is 20.4 Å². The molecule has 0 fully saturated rings. The monoisotopic (exact) mass is 309 g/mol. The summed E-state index contributed by atoms with van der Waals surface area (Å²) in [5.41, 5.74) is 3.97. The molecule has 2 heterocycles. The number of fused-ring (bicyclic) bond motifs is 1. The van der Waals surface area contributed by atoms with E-state index in [4.69, 9.17) is 0 Å². The lowest BCUT2D eigenvalue weighted by Crippen LogP contribution is -2.27. The average molecular weight is 309 g/mol. The second-order valence-corrected chi connectivity index (χ2v) is 5.79. The highest BCUT2D eigenvalue weighted by Gasteiger charge is 2.17. The Balaban J connectivity index is 1.83. The van der Waals surface area contributed by atoms with E-state index in [1.54, 1.807) is 4.52 Å². The molecule has 1 unspecified atom stereocenters. The van der Waals surface area contributed by atoms with Crippen LogP contribution in [0.25, 0.3) is 5.78 Å². The minimum Gasteiger partial charge on any atom is -0.343 e. The van der Waals surface area contributed by atoms with Crippen molar-refractivity contribution in [1.82, 2.24) is 24.9 Å². The minimum atomic E-state index is -0.305. The van der Waals surface area contributed by atoms with Gasteiger partial charge in [0.15, 0.2) is 0 Å². The smallest absolute Gasteiger partial charge is 0.291 e. The van der Waals surface area contributed by atoms with Gasteiger partial charge in [-0.3, -0.25) is 4.79 Å². The summed E-state index contributed by atoms with van der Waals surface area (Å²) in [6, 6.07) is 9.84. The van der Waals surface area contributed by atoms with Gasteiger partial charge >= 0.3 is 0 Å². The van der Waals surface area contributed by atoms with E-state index in [9.17, 15) is 4.79 Å². The molecule has 0 aliphatic rings. The fraction of sp³-hybridized carbons (Fsp3) is 0.294. The predicted octanol–water partition coefficient (Wildman–Crippen LogP) is 2.54. The molecule has 1 aromatic carbocycles. The van der Waals surface area contributed by atoms with Crippen LogP contribution in [-0.4, -0.2) is 25.5 Å². The van der Waals surface area contributed by atoms with Crippen molar-refractivity contribution in [1.29, 1.82) is 0 Å². The average Bonchev–Trinajstić information content (AvgIpc) is 2.92. The Kier molecular flexibility index (Phi) is 3.82. The van der Waals surface area contributed by atoms with Gasteiger partial charge in [0.1, 0.15) is 0 Å². The quantitative estimate of drug-likeness (QED) is 0.807. The van der Waals surface area contributed by atoms with Crippen LogP contribution >= 0.6 is 0 Å². The third-order valence-corrected chi connectivity index (χ3v) is 3.75. The van der Waals surface area contributed by atoms with Crippen molar-refractivity contribution in [3.8, 4) is 0 Å². The van der Waals surface area contributed by atoms with Gasteiger partial charge in [0.25, 0.3) is 11.7 Å². The molecule has 0 saturated carbocycles. The van der Waals surface area contributed by atoms with Crippen LogP contribution in [-0.2, 0) is 0 Å². The maximum absolute atomic E-state index is 12.4. The first-order valence-corrected chi connectivity index (χ1v) is 7.52. The summed E-state index contributed by atoms with van der Waals surface area (Å²) >= 11 is 0. The Morgan fingerprint density at radius 2 is 1.83 bits per heavy atom. The molecule has 0 aliphatic heterocycles. The molecule has 6 nitrogen and oxygen atoms in total. The number of nitrogens with one attached hydrogen (secondary N) is 1. The molecule has 0 saturated heterocycles. The number of rotatable bonds is 3. The normalized spacial score (nSPS) is 12.3. The van der Waals surface area contributed by atoms with E-state index in [1.807, 2.05) is 58.0 Å². The fourth-order valence-electron chi connectivity index (χ4n) is 2.46. The first kappa shape index (κ1) is 15.1. The molecule has 3 rings (SSSR count). The second-order valence-electron chi connectivity index (χ2n) is 5.79. The van der Waals surface area contributed by atoms with E-state index < -0.39 is 0 Å². The van der Waals surface area contributed by atoms with Crippen molar-refractivity contribution in [3.63, 3.8) is 0 Å². The number of nitrogens with zero attached hydrogens (tertiary/aromatic N) is 4. The van der Waals surface area contributed by atoms with Crippen LogP contribution in [0.4, 0.5) is 0 Å². The zero-order valence-corrected chi connectivity index (χ0v) is 13.7. The summed E-state index contributed by atoms with van der Waals surface area (Å²) in [7, 11) is 0. The lowest BCUT2D eigenvalue weighted by Gasteiger charge is -2.13. The van der Waals surface area contributed by atoms with Gasteiger partial charge in [-0.15, -0.1) is 5.10 Å². The van der Waals surface area contributed by atoms with Crippen molar-refractivity contribution < 1.29 is 4.79 Å². The molecule has 1 amide bonds. The van der Waals surface area contributed by atoms with Crippen molar-refractivity contribution >= 4 is 11.7 Å². The Hall–Kier alpha value is -2.76. The first-order chi connectivity index (χ1) is 10.9. The summed E-state index contributed by atoms with van der Waals surface area (Å²) in [6.07, 6.45) is 0. The maximum atomic E-state index is 12.4. The Bertz CT molecular complexity index is 867. The largest absolute Gasteiger partial charge is 0.343 e. The summed E-state index contributed by atoms with van der Waals surface area (Å²) in [4.78, 5) is 20.9. The van der Waals surface area contributed by atoms with Crippen molar-refractivity contribution in [2.45, 2.75) is 33.7 Å². The number of aryl methyl sites for hydroxylation is 3. The second kappa shape index (κ2) is 5.79. The van der Waals surface area contributed by atoms with Crippen LogP contribution in [0.1, 0.15) is 46.1 Å². The third-order valence-electron chi connectivity index (χ3n) is 3.75. The topological polar surface area (TPSA) is 72.2 Å². The van der Waals surface area contributed by atoms with Gasteiger partial charge in [0.05, 0.1) is 6.04 Å². The summed E-state index contributed by atoms with van der Waals surface area (Å²) < 4.78 is 1.58. The van der Waals surface area contributed by atoms with Gasteiger partial charge in [-0.2, -0.15) is 4.98 Å². The standard InChI is InChI=1S/C17H19N5O/c1-10-5-7-14(8-6-10)13(4)19-16(23)15-20-17-18-11(2)9-12(3)22(17)21-15/h5-9,13H,1-4H3,(H,19,23). The molecule has 0 bridgehead atoms. The molecule has 6 heteroatoms. The van der Waals surface area contributed by atoms with E-state index in [0.29, 0.717) is 5.78 Å². The molecule has 0 spiro atoms. The van der Waals surface area contributed by atoms with Gasteiger partial charge in [-0.25, -0.2) is 9.50 Å². The van der Waals surface area contributed by atoms with Crippen LogP contribution in [0, 0.1) is 20.8 Å². The van der Waals surface area contributed by atoms with Crippen molar-refractivity contribution in [3.05, 3.63) is 58.7 Å². The summed E-state index contributed by atoms with van der Waals surface area (Å²) in [6.45, 7) is 7.77. The molecule has 1 N–H and O–H groups in total. The zero-order chi connectivity index (χ0) is 16.6. The SMILES string of the molecule is Cc1ccc(C(C)NC(=O)c2nc3nc(C)cc(C)n3n2)cc1. The highest BCUT2D eigenvalue weighted by Crippen LogP contribution is 2.14. The maximum Gasteiger partial charge on any atom is 0.291 e. The number of hydrogen-bond donors (Lipinski definition) is 1. The molecular formula is C17H19N5O. The molecule has 2 aromatic heterocycles. The van der Waals surface area contributed by atoms with E-state index in [0.717, 1.165) is 17.0 Å². The van der Waals surface area contributed by atoms with Gasteiger partial charge in [0.2, 0.25) is 5.82 Å². The zero-order valence-electron chi connectivity index (χ0n) is 13.7. The van der Waals surface area contributed by atoms with Gasteiger partial charge < -0.3 is 5.32 Å². The first-order valence-electron chi connectivity index (χ1n) is 7.52. The molecule has 118 valence electrons. The van der Waals surface area contributed by atoms with Crippen LogP contribution in [0.2, 0.25) is 0 Å². The van der Waals surface area contributed by atoms with Gasteiger partial charge in [-0.1, -0.05) is 29.8 Å². The Morgan fingerprint density at radius 3 is 2.52 bits per heavy atom. The Labute approximate surface area is 134 Å². The van der Waals surface area contributed by atoms with Crippen molar-refractivity contribution in [2.75, 3.05) is 0 Å². The lowest BCUT2D eigenvalue weighted by atomic mass is 10.1. The number of aromatic nitrogens is 4. The number of benzene rings is 1. The molecule has 0 radical (unpaired) electrons. The molecule has 23 heavy (non-hydrogen) atoms. The Morgan fingerprint density at radius 1 is 1.13 bits per heavy atom. The van der Waals surface area contributed by atoms with Crippen LogP contribution in [0.3, 0.4) is 0 Å². The fourth-order valence-corrected chi connectivity index (χ4v) is 2.46. The molecular weight excluding hydrogens is 290 g/mol. The van der Waals surface area contributed by atoms with Crippen LogP contribution in [0.15, 0.2) is 30.3 Å². The van der Waals surface area contributed by atoms with Gasteiger partial charge in [0, 0.05) is 11.4 Å². The van der Waals surface area contributed by atoms with Crippen molar-refractivity contribution in [2.24, 2.45) is 0 Å². The number of carbonyl (C=O) groups is 1.